The Morgan fingerprint density at radius 2 is 2.42 bits per heavy atom. The normalized spacial score (nSPS) is 31.8. The molecule has 2 fully saturated rings. The number of carbonyl (C=O) groups excluding carboxylic acids is 1. The number of carboxylic acids is 1. The van der Waals surface area contributed by atoms with Crippen LogP contribution in [0.25, 0.3) is 0 Å². The number of nitrogens with one attached hydrogen (secondary N) is 1. The van der Waals surface area contributed by atoms with E-state index in [0.29, 0.717) is 26.1 Å². The third-order valence-corrected chi connectivity index (χ3v) is 4.05. The minimum absolute atomic E-state index is 0.154. The summed E-state index contributed by atoms with van der Waals surface area (Å²) in [5, 5.41) is 12.1. The van der Waals surface area contributed by atoms with Crippen LogP contribution in [0.15, 0.2) is 0 Å². The molecule has 0 aromatic carbocycles. The van der Waals surface area contributed by atoms with Crippen molar-refractivity contribution in [1.29, 1.82) is 0 Å². The van der Waals surface area contributed by atoms with Crippen LogP contribution in [-0.4, -0.2) is 54.4 Å². The van der Waals surface area contributed by atoms with Gasteiger partial charge in [-0.1, -0.05) is 13.3 Å². The Morgan fingerprint density at radius 1 is 1.63 bits per heavy atom. The van der Waals surface area contributed by atoms with Crippen molar-refractivity contribution < 1.29 is 19.4 Å². The highest BCUT2D eigenvalue weighted by Crippen LogP contribution is 2.35. The van der Waals surface area contributed by atoms with Crippen molar-refractivity contribution in [3.05, 3.63) is 0 Å². The lowest BCUT2D eigenvalue weighted by atomic mass is 9.76. The van der Waals surface area contributed by atoms with E-state index in [1.807, 2.05) is 6.92 Å². The summed E-state index contributed by atoms with van der Waals surface area (Å²) in [6, 6.07) is 0. The van der Waals surface area contributed by atoms with Crippen LogP contribution in [0.1, 0.15) is 32.6 Å². The molecule has 2 saturated heterocycles. The van der Waals surface area contributed by atoms with Crippen molar-refractivity contribution in [1.82, 2.24) is 10.2 Å². The van der Waals surface area contributed by atoms with E-state index in [-0.39, 0.29) is 12.2 Å². The highest BCUT2D eigenvalue weighted by Gasteiger charge is 2.42. The van der Waals surface area contributed by atoms with E-state index in [4.69, 9.17) is 4.74 Å². The number of ether oxygens (including phenoxy) is 1. The van der Waals surface area contributed by atoms with Crippen LogP contribution < -0.4 is 5.32 Å². The molecular weight excluding hydrogens is 248 g/mol. The highest BCUT2D eigenvalue weighted by molar-refractivity contribution is 5.75. The molecule has 0 radical (unpaired) electrons. The van der Waals surface area contributed by atoms with Gasteiger partial charge in [-0.15, -0.1) is 0 Å². The number of aliphatic carboxylic acids is 1. The van der Waals surface area contributed by atoms with Crippen molar-refractivity contribution in [2.75, 3.05) is 26.2 Å². The number of amides is 1. The fraction of sp³-hybridized carbons (Fsp3) is 0.846. The van der Waals surface area contributed by atoms with Crippen LogP contribution in [0.3, 0.4) is 0 Å². The first-order valence-corrected chi connectivity index (χ1v) is 6.96. The molecule has 0 spiro atoms. The molecule has 2 unspecified atom stereocenters. The maximum Gasteiger partial charge on any atom is 0.407 e. The second kappa shape index (κ2) is 5.77. The van der Waals surface area contributed by atoms with Gasteiger partial charge in [-0.3, -0.25) is 9.69 Å². The lowest BCUT2D eigenvalue weighted by Gasteiger charge is -2.40. The van der Waals surface area contributed by atoms with Gasteiger partial charge in [0.25, 0.3) is 0 Å². The number of hydrogen-bond donors (Lipinski definition) is 2. The largest absolute Gasteiger partial charge is 0.481 e. The Hall–Kier alpha value is -1.30. The van der Waals surface area contributed by atoms with Crippen molar-refractivity contribution in [2.24, 2.45) is 5.41 Å². The zero-order valence-corrected chi connectivity index (χ0v) is 11.4. The highest BCUT2D eigenvalue weighted by atomic mass is 16.6. The Balaban J connectivity index is 1.95. The van der Waals surface area contributed by atoms with E-state index >= 15 is 0 Å². The van der Waals surface area contributed by atoms with Crippen molar-refractivity contribution in [3.63, 3.8) is 0 Å². The summed E-state index contributed by atoms with van der Waals surface area (Å²) in [5.74, 6) is -0.694. The van der Waals surface area contributed by atoms with Crippen molar-refractivity contribution in [2.45, 2.75) is 38.7 Å². The molecule has 6 nitrogen and oxygen atoms in total. The van der Waals surface area contributed by atoms with Gasteiger partial charge in [-0.25, -0.2) is 4.79 Å². The van der Waals surface area contributed by atoms with Crippen molar-refractivity contribution >= 4 is 12.1 Å². The van der Waals surface area contributed by atoms with Gasteiger partial charge in [-0.05, 0) is 25.8 Å². The number of nitrogens with zero attached hydrogens (tertiary/aromatic N) is 1. The summed E-state index contributed by atoms with van der Waals surface area (Å²) in [4.78, 5) is 24.7. The molecule has 2 aliphatic rings. The Bertz CT molecular complexity index is 357. The maximum absolute atomic E-state index is 11.6. The van der Waals surface area contributed by atoms with Crippen LogP contribution in [0.4, 0.5) is 4.79 Å². The van der Waals surface area contributed by atoms with Crippen LogP contribution >= 0.6 is 0 Å². The van der Waals surface area contributed by atoms with E-state index < -0.39 is 11.4 Å². The van der Waals surface area contributed by atoms with E-state index in [0.717, 1.165) is 25.8 Å². The number of cyclic esters (lactones) is 1. The minimum Gasteiger partial charge on any atom is -0.481 e. The maximum atomic E-state index is 11.6. The van der Waals surface area contributed by atoms with Gasteiger partial charge in [0.1, 0.15) is 6.10 Å². The molecule has 0 saturated carbocycles. The molecule has 19 heavy (non-hydrogen) atoms. The summed E-state index contributed by atoms with van der Waals surface area (Å²) >= 11 is 0. The molecular formula is C13H22N2O4. The van der Waals surface area contributed by atoms with Gasteiger partial charge in [0.05, 0.1) is 12.0 Å². The lowest BCUT2D eigenvalue weighted by molar-refractivity contribution is -0.153. The van der Waals surface area contributed by atoms with Crippen LogP contribution in [0, 0.1) is 5.41 Å². The van der Waals surface area contributed by atoms with E-state index in [2.05, 4.69) is 10.2 Å². The van der Waals surface area contributed by atoms with Gasteiger partial charge in [-0.2, -0.15) is 0 Å². The molecule has 108 valence electrons. The quantitative estimate of drug-likeness (QED) is 0.781. The van der Waals surface area contributed by atoms with Gasteiger partial charge in [0.2, 0.25) is 0 Å². The standard InChI is InChI=1S/C13H22N2O4/c1-2-4-13(11(16)17)5-3-6-15(9-13)8-10-7-14-12(18)19-10/h10H,2-9H2,1H3,(H,14,18)(H,16,17). The Morgan fingerprint density at radius 3 is 3.00 bits per heavy atom. The van der Waals surface area contributed by atoms with Crippen LogP contribution in [-0.2, 0) is 9.53 Å². The summed E-state index contributed by atoms with van der Waals surface area (Å²) in [6.45, 7) is 4.60. The monoisotopic (exact) mass is 270 g/mol. The number of hydrogen-bond acceptors (Lipinski definition) is 4. The van der Waals surface area contributed by atoms with Crippen LogP contribution in [0.5, 0.6) is 0 Å². The van der Waals surface area contributed by atoms with Gasteiger partial charge >= 0.3 is 12.1 Å². The zero-order chi connectivity index (χ0) is 13.9. The number of alkyl carbamates (subject to hydrolysis) is 1. The molecule has 0 bridgehead atoms. The van der Waals surface area contributed by atoms with Crippen LogP contribution in [0.2, 0.25) is 0 Å². The molecule has 2 heterocycles. The summed E-state index contributed by atoms with van der Waals surface area (Å²) in [7, 11) is 0. The van der Waals surface area contributed by atoms with Gasteiger partial charge in [0, 0.05) is 13.1 Å². The SMILES string of the molecule is CCCC1(C(=O)O)CCCN(CC2CNC(=O)O2)C1. The predicted molar refractivity (Wildman–Crippen MR) is 68.9 cm³/mol. The number of carbonyl (C=O) groups is 2. The van der Waals surface area contributed by atoms with E-state index in [9.17, 15) is 14.7 Å². The third kappa shape index (κ3) is 3.18. The number of piperidine rings is 1. The first-order valence-electron chi connectivity index (χ1n) is 6.96. The fourth-order valence-electron chi connectivity index (χ4n) is 3.17. The summed E-state index contributed by atoms with van der Waals surface area (Å²) in [5.41, 5.74) is -0.622. The molecule has 2 rings (SSSR count). The Labute approximate surface area is 113 Å². The zero-order valence-electron chi connectivity index (χ0n) is 11.4. The first-order chi connectivity index (χ1) is 9.05. The molecule has 2 atom stereocenters. The molecule has 0 aliphatic carbocycles. The summed E-state index contributed by atoms with van der Waals surface area (Å²) in [6.07, 6.45) is 2.69. The molecule has 0 aromatic rings. The average molecular weight is 270 g/mol. The van der Waals surface area contributed by atoms with Crippen molar-refractivity contribution in [3.8, 4) is 0 Å². The lowest BCUT2D eigenvalue weighted by Crippen LogP contribution is -2.50. The van der Waals surface area contributed by atoms with Gasteiger partial charge < -0.3 is 15.2 Å². The molecule has 6 heteroatoms. The molecule has 0 aromatic heterocycles. The molecule has 2 N–H and O–H groups in total. The predicted octanol–water partition coefficient (Wildman–Crippen LogP) is 1.06. The Kier molecular flexibility index (Phi) is 4.29. The second-order valence-electron chi connectivity index (χ2n) is 5.58. The smallest absolute Gasteiger partial charge is 0.407 e. The number of rotatable bonds is 5. The minimum atomic E-state index is -0.694. The first kappa shape index (κ1) is 14.1. The topological polar surface area (TPSA) is 78.9 Å². The number of carboxylic acid groups (broad SMARTS) is 1. The molecule has 1 amide bonds. The summed E-state index contributed by atoms with van der Waals surface area (Å²) < 4.78 is 5.11. The second-order valence-corrected chi connectivity index (χ2v) is 5.58. The third-order valence-electron chi connectivity index (χ3n) is 4.05. The average Bonchev–Trinajstić information content (AvgIpc) is 2.75. The fourth-order valence-corrected chi connectivity index (χ4v) is 3.17. The number of likely N-dealkylation sites (tertiary alicyclic amines) is 1. The van der Waals surface area contributed by atoms with E-state index in [1.54, 1.807) is 0 Å². The molecule has 2 aliphatic heterocycles. The van der Waals surface area contributed by atoms with Gasteiger partial charge in [0.15, 0.2) is 0 Å². The van der Waals surface area contributed by atoms with E-state index in [1.165, 1.54) is 0 Å².